The Morgan fingerprint density at radius 1 is 1.35 bits per heavy atom. The second-order valence-corrected chi connectivity index (χ2v) is 7.41. The van der Waals surface area contributed by atoms with Gasteiger partial charge in [0.15, 0.2) is 5.43 Å². The first kappa shape index (κ1) is 18.4. The fourth-order valence-corrected chi connectivity index (χ4v) is 3.36. The summed E-state index contributed by atoms with van der Waals surface area (Å²) in [5.41, 5.74) is 2.59. The monoisotopic (exact) mass is 357 g/mol. The molecule has 1 amide bonds. The molecule has 7 heteroatoms. The second kappa shape index (κ2) is 7.86. The van der Waals surface area contributed by atoms with Gasteiger partial charge >= 0.3 is 0 Å². The Labute approximate surface area is 153 Å². The fraction of sp³-hybridized carbons (Fsp3) is 0.526. The van der Waals surface area contributed by atoms with Crippen molar-refractivity contribution in [3.05, 3.63) is 51.2 Å². The summed E-state index contributed by atoms with van der Waals surface area (Å²) < 4.78 is 2.04. The number of hydrogen-bond donors (Lipinski definition) is 2. The largest absolute Gasteiger partial charge is 0.364 e. The lowest BCUT2D eigenvalue weighted by Crippen LogP contribution is -2.28. The van der Waals surface area contributed by atoms with Crippen LogP contribution < -0.4 is 10.7 Å². The van der Waals surface area contributed by atoms with Crippen LogP contribution in [0.1, 0.15) is 47.7 Å². The molecular formula is C19H27N5O2. The van der Waals surface area contributed by atoms with Crippen molar-refractivity contribution in [1.29, 1.82) is 0 Å². The van der Waals surface area contributed by atoms with Gasteiger partial charge in [0.1, 0.15) is 5.56 Å². The molecule has 3 heterocycles. The van der Waals surface area contributed by atoms with Crippen LogP contribution in [0.2, 0.25) is 0 Å². The standard InChI is InChI=1S/C19H27N5O2/c1-13(2)11-23-5-4-6-24-16(12-23)8-15(22-24)9-21-19(26)17-10-20-14(3)7-18(17)25/h7-8,10,13H,4-6,9,11-12H2,1-3H3,(H,20,25)(H,21,26). The first-order chi connectivity index (χ1) is 12.4. The van der Waals surface area contributed by atoms with Gasteiger partial charge in [-0.3, -0.25) is 19.2 Å². The highest BCUT2D eigenvalue weighted by molar-refractivity contribution is 5.93. The van der Waals surface area contributed by atoms with E-state index in [1.807, 2.05) is 4.68 Å². The molecule has 140 valence electrons. The minimum Gasteiger partial charge on any atom is -0.364 e. The van der Waals surface area contributed by atoms with Gasteiger partial charge in [0.25, 0.3) is 5.91 Å². The molecule has 26 heavy (non-hydrogen) atoms. The zero-order valence-electron chi connectivity index (χ0n) is 15.7. The van der Waals surface area contributed by atoms with Crippen LogP contribution in [-0.2, 0) is 19.6 Å². The van der Waals surface area contributed by atoms with Crippen LogP contribution >= 0.6 is 0 Å². The second-order valence-electron chi connectivity index (χ2n) is 7.41. The first-order valence-corrected chi connectivity index (χ1v) is 9.18. The average Bonchev–Trinajstić information content (AvgIpc) is 2.84. The zero-order chi connectivity index (χ0) is 18.7. The summed E-state index contributed by atoms with van der Waals surface area (Å²) in [6.07, 6.45) is 2.53. The Hall–Kier alpha value is -2.41. The maximum absolute atomic E-state index is 12.2. The molecular weight excluding hydrogens is 330 g/mol. The Bertz CT molecular complexity index is 837. The van der Waals surface area contributed by atoms with Crippen LogP contribution in [0.25, 0.3) is 0 Å². The Morgan fingerprint density at radius 3 is 2.88 bits per heavy atom. The summed E-state index contributed by atoms with van der Waals surface area (Å²) in [5.74, 6) is 0.256. The molecule has 2 aromatic heterocycles. The van der Waals surface area contributed by atoms with Crippen molar-refractivity contribution in [2.75, 3.05) is 13.1 Å². The molecule has 0 radical (unpaired) electrons. The van der Waals surface area contributed by atoms with Crippen molar-refractivity contribution in [2.45, 2.75) is 46.8 Å². The molecule has 0 fully saturated rings. The van der Waals surface area contributed by atoms with Crippen molar-refractivity contribution in [3.63, 3.8) is 0 Å². The van der Waals surface area contributed by atoms with Crippen LogP contribution in [0, 0.1) is 12.8 Å². The molecule has 0 unspecified atom stereocenters. The van der Waals surface area contributed by atoms with E-state index < -0.39 is 0 Å². The van der Waals surface area contributed by atoms with E-state index >= 15 is 0 Å². The fourth-order valence-electron chi connectivity index (χ4n) is 3.36. The molecule has 0 aliphatic carbocycles. The number of aryl methyl sites for hydroxylation is 2. The number of nitrogens with one attached hydrogen (secondary N) is 2. The van der Waals surface area contributed by atoms with E-state index in [4.69, 9.17) is 0 Å². The summed E-state index contributed by atoms with van der Waals surface area (Å²) in [5, 5.41) is 7.41. The number of nitrogens with zero attached hydrogens (tertiary/aromatic N) is 3. The molecule has 0 aromatic carbocycles. The highest BCUT2D eigenvalue weighted by atomic mass is 16.2. The van der Waals surface area contributed by atoms with Crippen LogP contribution in [0.15, 0.2) is 23.1 Å². The van der Waals surface area contributed by atoms with Gasteiger partial charge in [-0.25, -0.2) is 0 Å². The third kappa shape index (κ3) is 4.40. The Morgan fingerprint density at radius 2 is 2.15 bits per heavy atom. The van der Waals surface area contributed by atoms with Crippen LogP contribution in [0.5, 0.6) is 0 Å². The van der Waals surface area contributed by atoms with E-state index in [1.165, 1.54) is 18.0 Å². The van der Waals surface area contributed by atoms with E-state index in [2.05, 4.69) is 40.2 Å². The van der Waals surface area contributed by atoms with E-state index in [-0.39, 0.29) is 16.9 Å². The van der Waals surface area contributed by atoms with Crippen LogP contribution in [0.3, 0.4) is 0 Å². The number of pyridine rings is 1. The number of carbonyl (C=O) groups excluding carboxylic acids is 1. The Kier molecular flexibility index (Phi) is 5.56. The number of aromatic amines is 1. The third-order valence-electron chi connectivity index (χ3n) is 4.50. The molecule has 0 bridgehead atoms. The maximum Gasteiger partial charge on any atom is 0.257 e. The minimum absolute atomic E-state index is 0.125. The quantitative estimate of drug-likeness (QED) is 0.853. The molecule has 0 spiro atoms. The molecule has 0 saturated carbocycles. The van der Waals surface area contributed by atoms with Gasteiger partial charge in [0.05, 0.1) is 17.9 Å². The van der Waals surface area contributed by atoms with Crippen molar-refractivity contribution < 1.29 is 4.79 Å². The first-order valence-electron chi connectivity index (χ1n) is 9.18. The van der Waals surface area contributed by atoms with Crippen LogP contribution in [0.4, 0.5) is 0 Å². The third-order valence-corrected chi connectivity index (χ3v) is 4.50. The number of fused-ring (bicyclic) bond motifs is 1. The normalized spacial score (nSPS) is 14.9. The van der Waals surface area contributed by atoms with E-state index in [0.29, 0.717) is 12.5 Å². The lowest BCUT2D eigenvalue weighted by atomic mass is 10.2. The number of carbonyl (C=O) groups is 1. The molecule has 7 nitrogen and oxygen atoms in total. The maximum atomic E-state index is 12.2. The summed E-state index contributed by atoms with van der Waals surface area (Å²) >= 11 is 0. The van der Waals surface area contributed by atoms with E-state index in [1.54, 1.807) is 6.92 Å². The van der Waals surface area contributed by atoms with Gasteiger partial charge in [-0.2, -0.15) is 5.10 Å². The SMILES string of the molecule is Cc1cc(=O)c(C(=O)NCc2cc3n(n2)CCCN(CC(C)C)C3)c[nH]1. The average molecular weight is 357 g/mol. The predicted octanol–water partition coefficient (Wildman–Crippen LogP) is 1.67. The van der Waals surface area contributed by atoms with Gasteiger partial charge < -0.3 is 10.3 Å². The summed E-state index contributed by atoms with van der Waals surface area (Å²) in [6.45, 7) is 10.5. The van der Waals surface area contributed by atoms with Gasteiger partial charge in [-0.05, 0) is 25.3 Å². The highest BCUT2D eigenvalue weighted by Crippen LogP contribution is 2.15. The number of aromatic nitrogens is 3. The highest BCUT2D eigenvalue weighted by Gasteiger charge is 2.18. The van der Waals surface area contributed by atoms with E-state index in [9.17, 15) is 9.59 Å². The molecule has 0 atom stereocenters. The van der Waals surface area contributed by atoms with Gasteiger partial charge in [0.2, 0.25) is 0 Å². The van der Waals surface area contributed by atoms with Gasteiger partial charge in [0, 0.05) is 44.1 Å². The van der Waals surface area contributed by atoms with E-state index in [0.717, 1.165) is 44.0 Å². The molecule has 3 rings (SSSR count). The molecule has 2 N–H and O–H groups in total. The Balaban J connectivity index is 1.65. The number of rotatable bonds is 5. The lowest BCUT2D eigenvalue weighted by Gasteiger charge is -2.21. The molecule has 1 aliphatic heterocycles. The molecule has 0 saturated heterocycles. The summed E-state index contributed by atoms with van der Waals surface area (Å²) in [7, 11) is 0. The predicted molar refractivity (Wildman–Crippen MR) is 99.9 cm³/mol. The van der Waals surface area contributed by atoms with Crippen LogP contribution in [-0.4, -0.2) is 38.7 Å². The minimum atomic E-state index is -0.379. The molecule has 2 aromatic rings. The zero-order valence-corrected chi connectivity index (χ0v) is 15.7. The smallest absolute Gasteiger partial charge is 0.257 e. The summed E-state index contributed by atoms with van der Waals surface area (Å²) in [4.78, 5) is 29.5. The van der Waals surface area contributed by atoms with Crippen molar-refractivity contribution in [3.8, 4) is 0 Å². The number of amides is 1. The van der Waals surface area contributed by atoms with Crippen molar-refractivity contribution >= 4 is 5.91 Å². The topological polar surface area (TPSA) is 83.0 Å². The summed E-state index contributed by atoms with van der Waals surface area (Å²) in [6, 6.07) is 3.48. The van der Waals surface area contributed by atoms with Gasteiger partial charge in [-0.15, -0.1) is 0 Å². The number of H-pyrrole nitrogens is 1. The number of hydrogen-bond acceptors (Lipinski definition) is 4. The molecule has 1 aliphatic rings. The van der Waals surface area contributed by atoms with Crippen molar-refractivity contribution in [1.82, 2.24) is 25.0 Å². The lowest BCUT2D eigenvalue weighted by molar-refractivity contribution is 0.0949. The van der Waals surface area contributed by atoms with Gasteiger partial charge in [-0.1, -0.05) is 13.8 Å². The van der Waals surface area contributed by atoms with Crippen molar-refractivity contribution in [2.24, 2.45) is 5.92 Å².